The summed E-state index contributed by atoms with van der Waals surface area (Å²) in [7, 11) is 0. The second kappa shape index (κ2) is 20.7. The number of benzene rings is 9. The maximum atomic E-state index is 8.72. The largest absolute Gasteiger partial charge is 0.509 e. The van der Waals surface area contributed by atoms with Crippen LogP contribution in [0.15, 0.2) is 206 Å². The molecule has 1 aliphatic heterocycles. The molecule has 9 aromatic carbocycles. The van der Waals surface area contributed by atoms with E-state index in [1.807, 2.05) is 59.2 Å². The van der Waals surface area contributed by atoms with E-state index >= 15 is 0 Å². The van der Waals surface area contributed by atoms with Crippen LogP contribution < -0.4 is 14.5 Å². The molecule has 0 spiro atoms. The summed E-state index contributed by atoms with van der Waals surface area (Å²) in [5.41, 5.74) is 17.4. The number of fused-ring (bicyclic) bond motifs is 4. The molecule has 396 valence electrons. The normalized spacial score (nSPS) is 13.5. The van der Waals surface area contributed by atoms with Crippen LogP contribution in [0.1, 0.15) is 88.7 Å². The summed E-state index contributed by atoms with van der Waals surface area (Å²) in [5.74, 6) is 1.46. The van der Waals surface area contributed by atoms with Crippen LogP contribution in [0.3, 0.4) is 0 Å². The quantitative estimate of drug-likeness (QED) is 0.135. The standard InChI is InChI=1S/C73H65N4O.Pt/c1-48-42-69(74-46-62(48)50-34-37-52(38-35-50)71(2,3)4)77-65-31-17-15-27-58(65)59-41-39-55(45-68(59)77)78-54-25-20-24-53(44-54)75-47-76(67-33-19-18-32-66(67)75)70-60(56-26-14-16-30-63(56)72(5,6)7)28-21-29-61(70)57-40-36-51(43-64(57)73(8,9)10)49-22-12-11-13-23-49;/h11-43,46-47H,1-10H3;/q-3;/i1D3;. The number of rotatable bonds is 9. The summed E-state index contributed by atoms with van der Waals surface area (Å²) in [6, 6.07) is 76.8. The number of nitrogens with zero attached hydrogens (tertiary/aromatic N) is 4. The summed E-state index contributed by atoms with van der Waals surface area (Å²) in [5, 5.41) is 1.92. The van der Waals surface area contributed by atoms with Crippen molar-refractivity contribution in [3.05, 3.63) is 247 Å². The number of hydrogen-bond donors (Lipinski definition) is 0. The Balaban J connectivity index is 0.00000705. The Morgan fingerprint density at radius 2 is 1.10 bits per heavy atom. The second-order valence-corrected chi connectivity index (χ2v) is 23.6. The molecule has 11 aromatic rings. The molecule has 12 rings (SSSR count). The predicted molar refractivity (Wildman–Crippen MR) is 327 cm³/mol. The van der Waals surface area contributed by atoms with Gasteiger partial charge >= 0.3 is 0 Å². The first kappa shape index (κ1) is 49.3. The average molecular weight is 1210 g/mol. The number of ether oxygens (including phenoxy) is 1. The van der Waals surface area contributed by atoms with Gasteiger partial charge in [-0.05, 0) is 103 Å². The van der Waals surface area contributed by atoms with E-state index in [-0.39, 0.29) is 42.9 Å². The van der Waals surface area contributed by atoms with Crippen LogP contribution in [-0.2, 0) is 37.3 Å². The molecule has 1 aliphatic rings. The van der Waals surface area contributed by atoms with Gasteiger partial charge in [0.1, 0.15) is 5.82 Å². The van der Waals surface area contributed by atoms with E-state index < -0.39 is 6.85 Å². The van der Waals surface area contributed by atoms with Crippen LogP contribution in [0.25, 0.3) is 72.1 Å². The first-order chi connectivity index (χ1) is 38.7. The minimum atomic E-state index is -2.41. The molecule has 0 saturated heterocycles. The van der Waals surface area contributed by atoms with Crippen LogP contribution >= 0.6 is 0 Å². The van der Waals surface area contributed by atoms with Crippen molar-refractivity contribution in [2.45, 2.75) is 85.4 Å². The monoisotopic (exact) mass is 1210 g/mol. The number of hydrogen-bond acceptors (Lipinski definition) is 4. The van der Waals surface area contributed by atoms with Gasteiger partial charge in [0, 0.05) is 82.1 Å². The molecule has 0 aliphatic carbocycles. The zero-order valence-electron chi connectivity index (χ0n) is 49.2. The molecule has 5 nitrogen and oxygen atoms in total. The molecule has 0 atom stereocenters. The molecular weight excluding hydrogens is 1140 g/mol. The minimum absolute atomic E-state index is 0. The average Bonchev–Trinajstić information content (AvgIpc) is 4.22. The third kappa shape index (κ3) is 10.00. The Labute approximate surface area is 485 Å². The topological polar surface area (TPSA) is 33.5 Å². The number of aromatic nitrogens is 2. The van der Waals surface area contributed by atoms with E-state index in [0.717, 1.165) is 55.7 Å². The van der Waals surface area contributed by atoms with Crippen molar-refractivity contribution in [2.75, 3.05) is 9.80 Å². The number of pyridine rings is 1. The van der Waals surface area contributed by atoms with Gasteiger partial charge in [-0.1, -0.05) is 213 Å². The van der Waals surface area contributed by atoms with Gasteiger partial charge in [0.15, 0.2) is 0 Å². The van der Waals surface area contributed by atoms with Gasteiger partial charge in [-0.25, -0.2) is 4.98 Å². The molecule has 0 unspecified atom stereocenters. The van der Waals surface area contributed by atoms with E-state index in [0.29, 0.717) is 28.4 Å². The zero-order chi connectivity index (χ0) is 56.6. The van der Waals surface area contributed by atoms with E-state index in [1.165, 1.54) is 38.9 Å². The molecule has 0 radical (unpaired) electrons. The Morgan fingerprint density at radius 1 is 0.481 bits per heavy atom. The maximum absolute atomic E-state index is 8.72. The molecule has 79 heavy (non-hydrogen) atoms. The van der Waals surface area contributed by atoms with Crippen molar-refractivity contribution in [1.82, 2.24) is 9.55 Å². The predicted octanol–water partition coefficient (Wildman–Crippen LogP) is 19.8. The van der Waals surface area contributed by atoms with Gasteiger partial charge < -0.3 is 19.1 Å². The third-order valence-electron chi connectivity index (χ3n) is 15.1. The van der Waals surface area contributed by atoms with Gasteiger partial charge in [-0.15, -0.1) is 48.1 Å². The Kier molecular flexibility index (Phi) is 12.9. The maximum Gasteiger partial charge on any atom is 0.135 e. The Morgan fingerprint density at radius 3 is 1.82 bits per heavy atom. The van der Waals surface area contributed by atoms with Crippen molar-refractivity contribution in [3.8, 4) is 61.8 Å². The van der Waals surface area contributed by atoms with Gasteiger partial charge in [-0.2, -0.15) is 12.1 Å². The zero-order valence-corrected chi connectivity index (χ0v) is 48.5. The van der Waals surface area contributed by atoms with Gasteiger partial charge in [0.05, 0.1) is 0 Å². The van der Waals surface area contributed by atoms with Gasteiger partial charge in [0.25, 0.3) is 0 Å². The van der Waals surface area contributed by atoms with Gasteiger partial charge in [0.2, 0.25) is 0 Å². The van der Waals surface area contributed by atoms with Crippen molar-refractivity contribution in [3.63, 3.8) is 0 Å². The first-order valence-electron chi connectivity index (χ1n) is 28.4. The van der Waals surface area contributed by atoms with Crippen LogP contribution in [0, 0.1) is 25.7 Å². The molecule has 2 aromatic heterocycles. The fourth-order valence-corrected chi connectivity index (χ4v) is 11.2. The molecule has 0 fully saturated rings. The van der Waals surface area contributed by atoms with E-state index in [9.17, 15) is 0 Å². The van der Waals surface area contributed by atoms with Crippen molar-refractivity contribution >= 4 is 44.6 Å². The van der Waals surface area contributed by atoms with Crippen LogP contribution in [-0.4, -0.2) is 9.55 Å². The summed E-state index contributed by atoms with van der Waals surface area (Å²) in [6.07, 6.45) is 1.69. The smallest absolute Gasteiger partial charge is 0.135 e. The van der Waals surface area contributed by atoms with E-state index in [4.69, 9.17) is 13.8 Å². The summed E-state index contributed by atoms with van der Waals surface area (Å²) < 4.78 is 34.9. The Bertz CT molecular complexity index is 4180. The minimum Gasteiger partial charge on any atom is -0.509 e. The molecule has 0 amide bonds. The molecule has 0 saturated carbocycles. The van der Waals surface area contributed by atoms with Crippen molar-refractivity contribution in [1.29, 1.82) is 0 Å². The molecule has 0 N–H and O–H groups in total. The number of para-hydroxylation sites is 4. The van der Waals surface area contributed by atoms with E-state index in [2.05, 4.69) is 230 Å². The number of anilines is 4. The molecular formula is C73H65N4OPt-3. The van der Waals surface area contributed by atoms with Crippen LogP contribution in [0.4, 0.5) is 22.7 Å². The summed E-state index contributed by atoms with van der Waals surface area (Å²) in [4.78, 5) is 9.54. The van der Waals surface area contributed by atoms with Crippen molar-refractivity contribution < 1.29 is 29.9 Å². The van der Waals surface area contributed by atoms with E-state index in [1.54, 1.807) is 12.3 Å². The fourth-order valence-electron chi connectivity index (χ4n) is 11.2. The second-order valence-electron chi connectivity index (χ2n) is 23.6. The van der Waals surface area contributed by atoms with Crippen LogP contribution in [0.2, 0.25) is 0 Å². The molecule has 6 heteroatoms. The third-order valence-corrected chi connectivity index (χ3v) is 15.1. The first-order valence-corrected chi connectivity index (χ1v) is 26.9. The number of aryl methyl sites for hydroxylation is 1. The van der Waals surface area contributed by atoms with Crippen molar-refractivity contribution in [2.24, 2.45) is 0 Å². The molecule has 0 bridgehead atoms. The molecule has 3 heterocycles. The van der Waals surface area contributed by atoms with Gasteiger partial charge in [-0.3, -0.25) is 0 Å². The van der Waals surface area contributed by atoms with Crippen LogP contribution in [0.5, 0.6) is 11.5 Å². The SMILES string of the molecule is [2H]C([2H])([2H])c1cc(-n2c3[c-]c(Oc4[c-]c(N5[CH-]N(c6c(-c7ccccc7C(C)(C)C)cccc6-c6ccc(-c7ccccc7)cc6C(C)(C)C)c6ccccc65)ccc4)ccc3c3ccccc32)ncc1-c1ccc(C(C)(C)C)cc1.[Pt]. The summed E-state index contributed by atoms with van der Waals surface area (Å²) in [6.45, 7) is 20.1. The Hall–Kier alpha value is -7.98. The fraction of sp³-hybridized carbons (Fsp3) is 0.178. The summed E-state index contributed by atoms with van der Waals surface area (Å²) >= 11 is 0.